The van der Waals surface area contributed by atoms with E-state index in [4.69, 9.17) is 4.74 Å². The number of thiazole rings is 1. The molecule has 0 aliphatic heterocycles. The van der Waals surface area contributed by atoms with Gasteiger partial charge in [-0.25, -0.2) is 9.78 Å². The summed E-state index contributed by atoms with van der Waals surface area (Å²) in [5, 5.41) is 1.72. The zero-order chi connectivity index (χ0) is 14.5. The van der Waals surface area contributed by atoms with Gasteiger partial charge >= 0.3 is 5.97 Å². The largest absolute Gasteiger partial charge is 0.461 e. The van der Waals surface area contributed by atoms with E-state index < -0.39 is 5.97 Å². The van der Waals surface area contributed by atoms with Gasteiger partial charge in [0.15, 0.2) is 0 Å². The van der Waals surface area contributed by atoms with E-state index in [1.165, 1.54) is 4.90 Å². The van der Waals surface area contributed by atoms with E-state index >= 15 is 0 Å². The number of esters is 1. The molecular weight excluding hydrogens is 278 g/mol. The van der Waals surface area contributed by atoms with Crippen LogP contribution in [-0.4, -0.2) is 35.5 Å². The number of carbonyl (C=O) groups is 2. The van der Waals surface area contributed by atoms with Crippen molar-refractivity contribution in [2.75, 3.05) is 18.6 Å². The van der Waals surface area contributed by atoms with Crippen molar-refractivity contribution in [2.24, 2.45) is 0 Å². The van der Waals surface area contributed by atoms with Crippen molar-refractivity contribution in [3.63, 3.8) is 0 Å². The number of rotatable bonds is 4. The van der Waals surface area contributed by atoms with Crippen molar-refractivity contribution in [3.8, 4) is 0 Å². The van der Waals surface area contributed by atoms with Crippen LogP contribution in [0.1, 0.15) is 27.2 Å². The molecule has 2 aromatic heterocycles. The summed E-state index contributed by atoms with van der Waals surface area (Å²) < 4.78 is 4.84. The van der Waals surface area contributed by atoms with Crippen LogP contribution in [-0.2, 0) is 4.74 Å². The number of carbonyl (C=O) groups excluding carboxylic acids is 2. The fourth-order valence-electron chi connectivity index (χ4n) is 1.50. The average Bonchev–Trinajstić information content (AvgIpc) is 2.97. The Morgan fingerprint density at radius 2 is 2.25 bits per heavy atom. The molecule has 6 nitrogen and oxygen atoms in total. The quantitative estimate of drug-likeness (QED) is 0.805. The van der Waals surface area contributed by atoms with Crippen LogP contribution < -0.4 is 4.90 Å². The van der Waals surface area contributed by atoms with Crippen molar-refractivity contribution >= 4 is 28.9 Å². The van der Waals surface area contributed by atoms with Gasteiger partial charge in [-0.05, 0) is 19.1 Å². The minimum absolute atomic E-state index is 0.176. The maximum atomic E-state index is 12.2. The fourth-order valence-corrected chi connectivity index (χ4v) is 2.18. The van der Waals surface area contributed by atoms with E-state index in [0.717, 1.165) is 11.3 Å². The molecule has 0 saturated carbocycles. The number of pyridine rings is 1. The normalized spacial score (nSPS) is 10.1. The lowest BCUT2D eigenvalue weighted by Gasteiger charge is -2.14. The Morgan fingerprint density at radius 3 is 2.90 bits per heavy atom. The van der Waals surface area contributed by atoms with Crippen LogP contribution in [0.5, 0.6) is 0 Å². The fraction of sp³-hybridized carbons (Fsp3) is 0.231. The molecule has 2 heterocycles. The predicted octanol–water partition coefficient (Wildman–Crippen LogP) is 1.99. The standard InChI is InChI=1S/C13H13N3O3S/c1-3-19-13(18)11-15-10(8-20-11)12(17)16(2)9-5-4-6-14-7-9/h4-8H,3H2,1-2H3. The number of hydrogen-bond donors (Lipinski definition) is 0. The summed E-state index contributed by atoms with van der Waals surface area (Å²) in [5.74, 6) is -0.814. The van der Waals surface area contributed by atoms with Crippen LogP contribution in [0.4, 0.5) is 5.69 Å². The monoisotopic (exact) mass is 291 g/mol. The molecule has 0 radical (unpaired) electrons. The van der Waals surface area contributed by atoms with Crippen LogP contribution in [0, 0.1) is 0 Å². The van der Waals surface area contributed by atoms with Crippen molar-refractivity contribution in [2.45, 2.75) is 6.92 Å². The highest BCUT2D eigenvalue weighted by atomic mass is 32.1. The summed E-state index contributed by atoms with van der Waals surface area (Å²) in [6, 6.07) is 3.51. The Bertz CT molecular complexity index is 612. The molecule has 0 aliphatic rings. The van der Waals surface area contributed by atoms with E-state index in [1.54, 1.807) is 43.9 Å². The van der Waals surface area contributed by atoms with Gasteiger partial charge in [0.2, 0.25) is 5.01 Å². The zero-order valence-electron chi connectivity index (χ0n) is 11.1. The van der Waals surface area contributed by atoms with Gasteiger partial charge < -0.3 is 9.64 Å². The zero-order valence-corrected chi connectivity index (χ0v) is 11.9. The molecule has 1 amide bonds. The minimum atomic E-state index is -0.513. The topological polar surface area (TPSA) is 72.4 Å². The molecule has 0 N–H and O–H groups in total. The average molecular weight is 291 g/mol. The molecule has 0 fully saturated rings. The van der Waals surface area contributed by atoms with Gasteiger partial charge in [0.1, 0.15) is 5.69 Å². The number of amides is 1. The first kappa shape index (κ1) is 14.1. The number of nitrogens with zero attached hydrogens (tertiary/aromatic N) is 3. The predicted molar refractivity (Wildman–Crippen MR) is 75.0 cm³/mol. The molecule has 2 aromatic rings. The third kappa shape index (κ3) is 3.00. The highest BCUT2D eigenvalue weighted by Crippen LogP contribution is 2.16. The minimum Gasteiger partial charge on any atom is -0.461 e. The van der Waals surface area contributed by atoms with Crippen molar-refractivity contribution in [1.29, 1.82) is 0 Å². The maximum Gasteiger partial charge on any atom is 0.367 e. The van der Waals surface area contributed by atoms with Gasteiger partial charge in [0.05, 0.1) is 18.5 Å². The Balaban J connectivity index is 2.16. The first-order valence-electron chi connectivity index (χ1n) is 5.94. The highest BCUT2D eigenvalue weighted by Gasteiger charge is 2.19. The molecule has 0 aliphatic carbocycles. The number of hydrogen-bond acceptors (Lipinski definition) is 6. The molecular formula is C13H13N3O3S. The number of ether oxygens (including phenoxy) is 1. The second kappa shape index (κ2) is 6.25. The Kier molecular flexibility index (Phi) is 4.41. The van der Waals surface area contributed by atoms with Gasteiger partial charge in [0, 0.05) is 18.6 Å². The van der Waals surface area contributed by atoms with E-state index in [2.05, 4.69) is 9.97 Å². The third-order valence-electron chi connectivity index (χ3n) is 2.51. The van der Waals surface area contributed by atoms with Crippen molar-refractivity contribution < 1.29 is 14.3 Å². The maximum absolute atomic E-state index is 12.2. The summed E-state index contributed by atoms with van der Waals surface area (Å²) in [6.07, 6.45) is 3.21. The number of anilines is 1. The SMILES string of the molecule is CCOC(=O)c1nc(C(=O)N(C)c2cccnc2)cs1. The van der Waals surface area contributed by atoms with E-state index in [1.807, 2.05) is 0 Å². The van der Waals surface area contributed by atoms with Crippen molar-refractivity contribution in [3.05, 3.63) is 40.6 Å². The Hall–Kier alpha value is -2.28. The van der Waals surface area contributed by atoms with Gasteiger partial charge in [-0.2, -0.15) is 0 Å². The molecule has 20 heavy (non-hydrogen) atoms. The van der Waals surface area contributed by atoms with Crippen LogP contribution in [0.2, 0.25) is 0 Å². The summed E-state index contributed by atoms with van der Waals surface area (Å²) in [5.41, 5.74) is 0.868. The first-order valence-corrected chi connectivity index (χ1v) is 6.82. The van der Waals surface area contributed by atoms with Gasteiger partial charge in [-0.3, -0.25) is 9.78 Å². The smallest absolute Gasteiger partial charge is 0.367 e. The van der Waals surface area contributed by atoms with Gasteiger partial charge in [0.25, 0.3) is 5.91 Å². The first-order chi connectivity index (χ1) is 9.63. The number of aromatic nitrogens is 2. The van der Waals surface area contributed by atoms with Gasteiger partial charge in [-0.1, -0.05) is 0 Å². The lowest BCUT2D eigenvalue weighted by Crippen LogP contribution is -2.26. The van der Waals surface area contributed by atoms with Crippen LogP contribution in [0.15, 0.2) is 29.9 Å². The second-order valence-corrected chi connectivity index (χ2v) is 4.69. The van der Waals surface area contributed by atoms with E-state index in [0.29, 0.717) is 5.69 Å². The lowest BCUT2D eigenvalue weighted by molar-refractivity contribution is 0.0526. The van der Waals surface area contributed by atoms with E-state index in [-0.39, 0.29) is 23.2 Å². The summed E-state index contributed by atoms with van der Waals surface area (Å²) in [4.78, 5) is 33.1. The lowest BCUT2D eigenvalue weighted by atomic mass is 10.3. The second-order valence-electron chi connectivity index (χ2n) is 3.83. The van der Waals surface area contributed by atoms with Crippen LogP contribution in [0.3, 0.4) is 0 Å². The third-order valence-corrected chi connectivity index (χ3v) is 3.33. The molecule has 7 heteroatoms. The molecule has 2 rings (SSSR count). The van der Waals surface area contributed by atoms with Crippen LogP contribution in [0.25, 0.3) is 0 Å². The molecule has 104 valence electrons. The Labute approximate surface area is 120 Å². The molecule has 0 atom stereocenters. The molecule has 0 saturated heterocycles. The summed E-state index contributed by atoms with van der Waals surface area (Å²) >= 11 is 1.09. The Morgan fingerprint density at radius 1 is 1.45 bits per heavy atom. The van der Waals surface area contributed by atoms with Crippen molar-refractivity contribution in [1.82, 2.24) is 9.97 Å². The molecule has 0 unspecified atom stereocenters. The van der Waals surface area contributed by atoms with Crippen LogP contribution >= 0.6 is 11.3 Å². The highest BCUT2D eigenvalue weighted by molar-refractivity contribution is 7.11. The summed E-state index contributed by atoms with van der Waals surface area (Å²) in [7, 11) is 1.63. The van der Waals surface area contributed by atoms with Gasteiger partial charge in [-0.15, -0.1) is 11.3 Å². The summed E-state index contributed by atoms with van der Waals surface area (Å²) in [6.45, 7) is 1.99. The molecule has 0 bridgehead atoms. The molecule has 0 aromatic carbocycles. The molecule has 0 spiro atoms. The van der Waals surface area contributed by atoms with E-state index in [9.17, 15) is 9.59 Å².